The Labute approximate surface area is 135 Å². The molecule has 0 radical (unpaired) electrons. The van der Waals surface area contributed by atoms with Gasteiger partial charge in [0, 0.05) is 6.42 Å². The Hall–Kier alpha value is -2.37. The van der Waals surface area contributed by atoms with E-state index in [1.54, 1.807) is 20.8 Å². The van der Waals surface area contributed by atoms with Crippen molar-refractivity contribution in [1.82, 2.24) is 0 Å². The van der Waals surface area contributed by atoms with Gasteiger partial charge in [-0.1, -0.05) is 30.3 Å². The molecule has 0 unspecified atom stereocenters. The lowest BCUT2D eigenvalue weighted by atomic mass is 10.0. The van der Waals surface area contributed by atoms with Gasteiger partial charge in [-0.15, -0.1) is 0 Å². The van der Waals surface area contributed by atoms with Crippen molar-refractivity contribution in [1.29, 1.82) is 0 Å². The third-order valence-corrected chi connectivity index (χ3v) is 2.87. The largest absolute Gasteiger partial charge is 0.481 e. The van der Waals surface area contributed by atoms with Gasteiger partial charge in [-0.25, -0.2) is 0 Å². The van der Waals surface area contributed by atoms with Gasteiger partial charge in [-0.2, -0.15) is 0 Å². The fraction of sp³-hybridized carbons (Fsp3) is 0.471. The topological polar surface area (TPSA) is 89.9 Å². The van der Waals surface area contributed by atoms with Gasteiger partial charge in [0.1, 0.15) is 12.2 Å². The number of ether oxygens (including phenoxy) is 2. The van der Waals surface area contributed by atoms with Crippen molar-refractivity contribution < 1.29 is 29.0 Å². The standard InChI is InChI=1S/C17H22O6/c1-17(2,3)23-16(21)13(15(19)20)9-10-14(18)22-11-12-7-5-4-6-8-12/h4-8,13H,9-11H2,1-3H3,(H,19,20)/t13-/m0/s1. The van der Waals surface area contributed by atoms with E-state index in [9.17, 15) is 14.4 Å². The van der Waals surface area contributed by atoms with Crippen molar-refractivity contribution in [2.24, 2.45) is 5.92 Å². The Morgan fingerprint density at radius 1 is 1.13 bits per heavy atom. The fourth-order valence-corrected chi connectivity index (χ4v) is 1.79. The predicted molar refractivity (Wildman–Crippen MR) is 82.4 cm³/mol. The number of aliphatic carboxylic acids is 1. The van der Waals surface area contributed by atoms with Crippen LogP contribution in [0.25, 0.3) is 0 Å². The van der Waals surface area contributed by atoms with Gasteiger partial charge in [-0.05, 0) is 32.8 Å². The van der Waals surface area contributed by atoms with Crippen molar-refractivity contribution in [2.75, 3.05) is 0 Å². The summed E-state index contributed by atoms with van der Waals surface area (Å²) in [7, 11) is 0. The fourth-order valence-electron chi connectivity index (χ4n) is 1.79. The molecule has 6 heteroatoms. The molecule has 1 rings (SSSR count). The van der Waals surface area contributed by atoms with Gasteiger partial charge >= 0.3 is 17.9 Å². The van der Waals surface area contributed by atoms with E-state index in [0.717, 1.165) is 5.56 Å². The lowest BCUT2D eigenvalue weighted by Crippen LogP contribution is -2.33. The molecule has 0 bridgehead atoms. The Kier molecular flexibility index (Phi) is 6.75. The van der Waals surface area contributed by atoms with Gasteiger partial charge in [-0.3, -0.25) is 14.4 Å². The number of carbonyl (C=O) groups excluding carboxylic acids is 2. The molecule has 23 heavy (non-hydrogen) atoms. The zero-order chi connectivity index (χ0) is 17.5. The number of carbonyl (C=O) groups is 3. The molecule has 0 aliphatic rings. The summed E-state index contributed by atoms with van der Waals surface area (Å²) in [5.41, 5.74) is 0.0567. The Balaban J connectivity index is 2.47. The van der Waals surface area contributed by atoms with Crippen molar-refractivity contribution in [3.05, 3.63) is 35.9 Å². The van der Waals surface area contributed by atoms with Gasteiger partial charge in [0.25, 0.3) is 0 Å². The molecule has 0 aliphatic carbocycles. The molecule has 0 amide bonds. The molecule has 126 valence electrons. The summed E-state index contributed by atoms with van der Waals surface area (Å²) in [6, 6.07) is 9.13. The molecule has 1 aromatic carbocycles. The lowest BCUT2D eigenvalue weighted by Gasteiger charge is -2.22. The Bertz CT molecular complexity index is 544. The van der Waals surface area contributed by atoms with Gasteiger partial charge in [0.15, 0.2) is 5.92 Å². The summed E-state index contributed by atoms with van der Waals surface area (Å²) in [6.45, 7) is 5.07. The summed E-state index contributed by atoms with van der Waals surface area (Å²) < 4.78 is 10.1. The number of carboxylic acids is 1. The van der Waals surface area contributed by atoms with Crippen LogP contribution in [0.15, 0.2) is 30.3 Å². The molecular formula is C17H22O6. The van der Waals surface area contributed by atoms with E-state index in [1.807, 2.05) is 30.3 Å². The van der Waals surface area contributed by atoms with Crippen LogP contribution in [-0.2, 0) is 30.5 Å². The second kappa shape index (κ2) is 8.31. The van der Waals surface area contributed by atoms with E-state index in [0.29, 0.717) is 0 Å². The Morgan fingerprint density at radius 3 is 2.26 bits per heavy atom. The zero-order valence-corrected chi connectivity index (χ0v) is 13.6. The normalized spacial score (nSPS) is 12.3. The van der Waals surface area contributed by atoms with Crippen LogP contribution >= 0.6 is 0 Å². The highest BCUT2D eigenvalue weighted by Crippen LogP contribution is 2.16. The second-order valence-corrected chi connectivity index (χ2v) is 6.11. The van der Waals surface area contributed by atoms with Crippen LogP contribution in [0.3, 0.4) is 0 Å². The first-order valence-corrected chi connectivity index (χ1v) is 7.34. The molecule has 0 spiro atoms. The summed E-state index contributed by atoms with van der Waals surface area (Å²) in [4.78, 5) is 34.7. The molecular weight excluding hydrogens is 300 g/mol. The van der Waals surface area contributed by atoms with Gasteiger partial charge < -0.3 is 14.6 Å². The van der Waals surface area contributed by atoms with Crippen LogP contribution in [0, 0.1) is 5.92 Å². The van der Waals surface area contributed by atoms with E-state index in [4.69, 9.17) is 14.6 Å². The summed E-state index contributed by atoms with van der Waals surface area (Å²) >= 11 is 0. The molecule has 0 fully saturated rings. The molecule has 1 N–H and O–H groups in total. The minimum atomic E-state index is -1.38. The quantitative estimate of drug-likeness (QED) is 0.613. The average Bonchev–Trinajstić information content (AvgIpc) is 2.44. The molecule has 0 saturated carbocycles. The number of hydrogen-bond acceptors (Lipinski definition) is 5. The van der Waals surface area contributed by atoms with Gasteiger partial charge in [0.05, 0.1) is 0 Å². The van der Waals surface area contributed by atoms with E-state index >= 15 is 0 Å². The third kappa shape index (κ3) is 7.44. The molecule has 1 atom stereocenters. The van der Waals surface area contributed by atoms with E-state index in [2.05, 4.69) is 0 Å². The van der Waals surface area contributed by atoms with Crippen LogP contribution in [0.5, 0.6) is 0 Å². The first kappa shape index (κ1) is 18.7. The Morgan fingerprint density at radius 2 is 1.74 bits per heavy atom. The molecule has 6 nitrogen and oxygen atoms in total. The van der Waals surface area contributed by atoms with Crippen molar-refractivity contribution in [3.63, 3.8) is 0 Å². The smallest absolute Gasteiger partial charge is 0.320 e. The molecule has 0 aromatic heterocycles. The number of rotatable bonds is 7. The molecule has 1 aromatic rings. The van der Waals surface area contributed by atoms with Gasteiger partial charge in [0.2, 0.25) is 0 Å². The number of benzene rings is 1. The second-order valence-electron chi connectivity index (χ2n) is 6.11. The van der Waals surface area contributed by atoms with E-state index in [-0.39, 0.29) is 19.4 Å². The summed E-state index contributed by atoms with van der Waals surface area (Å²) in [5.74, 6) is -4.09. The minimum Gasteiger partial charge on any atom is -0.481 e. The van der Waals surface area contributed by atoms with E-state index in [1.165, 1.54) is 0 Å². The highest BCUT2D eigenvalue weighted by molar-refractivity contribution is 5.94. The molecule has 0 heterocycles. The van der Waals surface area contributed by atoms with Crippen molar-refractivity contribution >= 4 is 17.9 Å². The third-order valence-electron chi connectivity index (χ3n) is 2.87. The number of esters is 2. The minimum absolute atomic E-state index is 0.115. The maximum absolute atomic E-state index is 11.8. The first-order valence-electron chi connectivity index (χ1n) is 7.34. The molecule has 0 saturated heterocycles. The molecule has 0 aliphatic heterocycles. The SMILES string of the molecule is CC(C)(C)OC(=O)[C@@H](CCC(=O)OCc1ccccc1)C(=O)O. The van der Waals surface area contributed by atoms with Crippen LogP contribution in [0.1, 0.15) is 39.2 Å². The zero-order valence-electron chi connectivity index (χ0n) is 13.6. The van der Waals surface area contributed by atoms with Crippen LogP contribution in [0.2, 0.25) is 0 Å². The number of hydrogen-bond donors (Lipinski definition) is 1. The van der Waals surface area contributed by atoms with Crippen molar-refractivity contribution in [3.8, 4) is 0 Å². The highest BCUT2D eigenvalue weighted by atomic mass is 16.6. The lowest BCUT2D eigenvalue weighted by molar-refractivity contribution is -0.167. The van der Waals surface area contributed by atoms with E-state index < -0.39 is 29.4 Å². The monoisotopic (exact) mass is 322 g/mol. The van der Waals surface area contributed by atoms with Crippen LogP contribution < -0.4 is 0 Å². The van der Waals surface area contributed by atoms with Crippen LogP contribution in [-0.4, -0.2) is 28.6 Å². The summed E-state index contributed by atoms with van der Waals surface area (Å²) in [6.07, 6.45) is -0.319. The maximum atomic E-state index is 11.8. The maximum Gasteiger partial charge on any atom is 0.320 e. The summed E-state index contributed by atoms with van der Waals surface area (Å²) in [5, 5.41) is 9.11. The average molecular weight is 322 g/mol. The number of carboxylic acid groups (broad SMARTS) is 1. The van der Waals surface area contributed by atoms with Crippen LogP contribution in [0.4, 0.5) is 0 Å². The highest BCUT2D eigenvalue weighted by Gasteiger charge is 2.31. The first-order chi connectivity index (χ1) is 10.7. The van der Waals surface area contributed by atoms with Crippen molar-refractivity contribution in [2.45, 2.75) is 45.8 Å². The predicted octanol–water partition coefficient (Wildman–Crippen LogP) is 2.55.